The molecular formula is C11H15N3O3. The third-order valence-electron chi connectivity index (χ3n) is 2.06. The third-order valence-corrected chi connectivity index (χ3v) is 2.06. The number of carbonyl (C=O) groups excluding carboxylic acids is 1. The van der Waals surface area contributed by atoms with Crippen LogP contribution in [0, 0.1) is 0 Å². The van der Waals surface area contributed by atoms with E-state index in [4.69, 9.17) is 0 Å². The molecule has 0 saturated heterocycles. The average molecular weight is 237 g/mol. The number of carbonyl (C=O) groups is 1. The highest BCUT2D eigenvalue weighted by molar-refractivity contribution is 5.75. The summed E-state index contributed by atoms with van der Waals surface area (Å²) in [4.78, 5) is 33.7. The number of nitrogens with zero attached hydrogens (tertiary/aromatic N) is 1. The second-order valence-electron chi connectivity index (χ2n) is 3.44. The fourth-order valence-corrected chi connectivity index (χ4v) is 1.24. The molecule has 92 valence electrons. The molecule has 17 heavy (non-hydrogen) atoms. The molecule has 0 atom stereocenters. The maximum Gasteiger partial charge on any atom is 0.265 e. The lowest BCUT2D eigenvalue weighted by Gasteiger charge is -2.05. The highest BCUT2D eigenvalue weighted by Gasteiger charge is 2.03. The van der Waals surface area contributed by atoms with Crippen LogP contribution in [0.25, 0.3) is 0 Å². The monoisotopic (exact) mass is 237 g/mol. The van der Waals surface area contributed by atoms with Crippen LogP contribution in [0.4, 0.5) is 0 Å². The van der Waals surface area contributed by atoms with Crippen molar-refractivity contribution >= 4 is 5.91 Å². The first kappa shape index (κ1) is 13.0. The van der Waals surface area contributed by atoms with Crippen LogP contribution in [0.1, 0.15) is 13.3 Å². The molecule has 6 heteroatoms. The molecule has 0 aliphatic rings. The Morgan fingerprint density at radius 2 is 2.24 bits per heavy atom. The quantitative estimate of drug-likeness (QED) is 0.541. The van der Waals surface area contributed by atoms with Gasteiger partial charge in [-0.05, 0) is 13.3 Å². The first-order valence-electron chi connectivity index (χ1n) is 5.31. The van der Waals surface area contributed by atoms with Gasteiger partial charge in [-0.2, -0.15) is 0 Å². The van der Waals surface area contributed by atoms with Gasteiger partial charge in [0.15, 0.2) is 0 Å². The van der Waals surface area contributed by atoms with Crippen molar-refractivity contribution in [1.29, 1.82) is 0 Å². The summed E-state index contributed by atoms with van der Waals surface area (Å²) in [5.41, 5.74) is -0.820. The van der Waals surface area contributed by atoms with Gasteiger partial charge in [0.1, 0.15) is 6.54 Å². The lowest BCUT2D eigenvalue weighted by atomic mass is 10.4. The number of rotatable bonds is 5. The molecule has 2 N–H and O–H groups in total. The van der Waals surface area contributed by atoms with Crippen LogP contribution in [0.3, 0.4) is 0 Å². The predicted octanol–water partition coefficient (Wildman–Crippen LogP) is -0.381. The summed E-state index contributed by atoms with van der Waals surface area (Å²) >= 11 is 0. The Kier molecular flexibility index (Phi) is 4.93. The van der Waals surface area contributed by atoms with Gasteiger partial charge in [0.2, 0.25) is 5.91 Å². The molecule has 0 aromatic carbocycles. The molecule has 1 heterocycles. The number of hydrogen-bond acceptors (Lipinski definition) is 3. The Morgan fingerprint density at radius 3 is 2.94 bits per heavy atom. The number of nitrogens with one attached hydrogen (secondary N) is 2. The molecule has 0 fully saturated rings. The fraction of sp³-hybridized carbons (Fsp3) is 0.364. The molecule has 0 aliphatic carbocycles. The number of hydrogen-bond donors (Lipinski definition) is 2. The van der Waals surface area contributed by atoms with Crippen molar-refractivity contribution in [2.75, 3.05) is 6.54 Å². The minimum absolute atomic E-state index is 0.176. The zero-order valence-corrected chi connectivity index (χ0v) is 9.60. The van der Waals surface area contributed by atoms with Gasteiger partial charge >= 0.3 is 0 Å². The van der Waals surface area contributed by atoms with Crippen molar-refractivity contribution in [3.05, 3.63) is 45.0 Å². The highest BCUT2D eigenvalue weighted by atomic mass is 16.2. The van der Waals surface area contributed by atoms with Crippen molar-refractivity contribution in [3.63, 3.8) is 0 Å². The summed E-state index contributed by atoms with van der Waals surface area (Å²) in [6, 6.07) is 2.26. The number of aromatic nitrogens is 2. The number of aromatic amines is 1. The van der Waals surface area contributed by atoms with E-state index in [0.29, 0.717) is 6.54 Å². The second-order valence-corrected chi connectivity index (χ2v) is 3.44. The van der Waals surface area contributed by atoms with E-state index in [2.05, 4.69) is 10.4 Å². The molecule has 0 saturated carbocycles. The van der Waals surface area contributed by atoms with Gasteiger partial charge in [-0.1, -0.05) is 12.2 Å². The first-order valence-corrected chi connectivity index (χ1v) is 5.31. The minimum atomic E-state index is -0.411. The van der Waals surface area contributed by atoms with E-state index >= 15 is 0 Å². The zero-order chi connectivity index (χ0) is 12.7. The first-order chi connectivity index (χ1) is 8.13. The van der Waals surface area contributed by atoms with Gasteiger partial charge in [0.05, 0.1) is 0 Å². The summed E-state index contributed by atoms with van der Waals surface area (Å²) in [5.74, 6) is -0.307. The van der Waals surface area contributed by atoms with Gasteiger partial charge in [0.25, 0.3) is 11.1 Å². The Balaban J connectivity index is 2.53. The van der Waals surface area contributed by atoms with E-state index in [1.54, 1.807) is 0 Å². The third kappa shape index (κ3) is 4.50. The van der Waals surface area contributed by atoms with E-state index < -0.39 is 11.1 Å². The summed E-state index contributed by atoms with van der Waals surface area (Å²) in [5, 5.41) is 4.92. The molecule has 1 rings (SSSR count). The molecule has 1 aromatic rings. The van der Waals surface area contributed by atoms with E-state index in [0.717, 1.165) is 23.2 Å². The molecule has 1 aromatic heterocycles. The molecule has 6 nitrogen and oxygen atoms in total. The Morgan fingerprint density at radius 1 is 1.47 bits per heavy atom. The van der Waals surface area contributed by atoms with Gasteiger partial charge in [-0.25, -0.2) is 4.68 Å². The normalized spacial score (nSPS) is 10.6. The standard InChI is InChI=1S/C11H15N3O3/c1-2-3-4-7-12-10(16)8-14-11(17)6-5-9(15)13-14/h2-3,5-6H,4,7-8H2,1H3,(H,12,16)(H,13,15)/b3-2+. The van der Waals surface area contributed by atoms with E-state index in [1.807, 2.05) is 19.1 Å². The minimum Gasteiger partial charge on any atom is -0.354 e. The Bertz CT molecular complexity index is 513. The summed E-state index contributed by atoms with van der Waals surface area (Å²) in [6.07, 6.45) is 4.56. The van der Waals surface area contributed by atoms with Gasteiger partial charge in [-0.3, -0.25) is 19.5 Å². The number of allylic oxidation sites excluding steroid dienone is 1. The van der Waals surface area contributed by atoms with Gasteiger partial charge in [-0.15, -0.1) is 0 Å². The second kappa shape index (κ2) is 6.47. The Labute approximate surface area is 97.9 Å². The molecule has 0 spiro atoms. The largest absolute Gasteiger partial charge is 0.354 e. The number of amides is 1. The highest BCUT2D eigenvalue weighted by Crippen LogP contribution is 1.80. The molecule has 0 unspecified atom stereocenters. The lowest BCUT2D eigenvalue weighted by Crippen LogP contribution is -2.36. The van der Waals surface area contributed by atoms with Crippen molar-refractivity contribution in [3.8, 4) is 0 Å². The summed E-state index contributed by atoms with van der Waals surface area (Å²) in [7, 11) is 0. The predicted molar refractivity (Wildman–Crippen MR) is 63.8 cm³/mol. The van der Waals surface area contributed by atoms with E-state index in [-0.39, 0.29) is 12.5 Å². The van der Waals surface area contributed by atoms with Crippen molar-refractivity contribution < 1.29 is 4.79 Å². The maximum absolute atomic E-state index is 11.4. The molecule has 0 aliphatic heterocycles. The fourth-order valence-electron chi connectivity index (χ4n) is 1.24. The van der Waals surface area contributed by atoms with E-state index in [9.17, 15) is 14.4 Å². The van der Waals surface area contributed by atoms with Crippen molar-refractivity contribution in [2.24, 2.45) is 0 Å². The molecule has 1 amide bonds. The molecule has 0 bridgehead atoms. The van der Waals surface area contributed by atoms with Crippen LogP contribution >= 0.6 is 0 Å². The van der Waals surface area contributed by atoms with Crippen molar-refractivity contribution in [1.82, 2.24) is 15.1 Å². The van der Waals surface area contributed by atoms with Gasteiger partial charge < -0.3 is 5.32 Å². The van der Waals surface area contributed by atoms with Crippen LogP contribution in [0.15, 0.2) is 33.9 Å². The van der Waals surface area contributed by atoms with Crippen LogP contribution < -0.4 is 16.4 Å². The van der Waals surface area contributed by atoms with Gasteiger partial charge in [0, 0.05) is 18.7 Å². The Hall–Kier alpha value is -2.11. The summed E-state index contributed by atoms with van der Waals surface area (Å²) in [6.45, 7) is 2.23. The zero-order valence-electron chi connectivity index (χ0n) is 9.60. The molecule has 0 radical (unpaired) electrons. The topological polar surface area (TPSA) is 84.0 Å². The van der Waals surface area contributed by atoms with Crippen LogP contribution in [-0.4, -0.2) is 22.2 Å². The average Bonchev–Trinajstić information content (AvgIpc) is 2.29. The lowest BCUT2D eigenvalue weighted by molar-refractivity contribution is -0.121. The number of H-pyrrole nitrogens is 1. The van der Waals surface area contributed by atoms with E-state index in [1.165, 1.54) is 0 Å². The van der Waals surface area contributed by atoms with Crippen LogP contribution in [0.5, 0.6) is 0 Å². The van der Waals surface area contributed by atoms with Crippen molar-refractivity contribution in [2.45, 2.75) is 19.9 Å². The molecular weight excluding hydrogens is 222 g/mol. The van der Waals surface area contributed by atoms with Crippen LogP contribution in [-0.2, 0) is 11.3 Å². The van der Waals surface area contributed by atoms with Crippen LogP contribution in [0.2, 0.25) is 0 Å². The SMILES string of the molecule is C/C=C/CCNC(=O)Cn1[nH]c(=O)ccc1=O. The summed E-state index contributed by atoms with van der Waals surface area (Å²) < 4.78 is 0.979. The maximum atomic E-state index is 11.4. The smallest absolute Gasteiger partial charge is 0.265 e.